The van der Waals surface area contributed by atoms with E-state index in [4.69, 9.17) is 11.6 Å². The number of methoxy groups -OCH3 is 1. The van der Waals surface area contributed by atoms with Crippen molar-refractivity contribution < 1.29 is 14.6 Å². The van der Waals surface area contributed by atoms with Gasteiger partial charge in [-0.3, -0.25) is 4.79 Å². The zero-order chi connectivity index (χ0) is 11.3. The standard InChI is InChI=1S/C11H11ClO3/c1-15-10(14)7-3-5-8-4-2-6-9(13)11(8)12/h2-6,13H,7H2,1H3. The van der Waals surface area contributed by atoms with Gasteiger partial charge < -0.3 is 9.84 Å². The predicted octanol–water partition coefficient (Wildman–Crippen LogP) is 2.62. The lowest BCUT2D eigenvalue weighted by Gasteiger charge is -2.00. The van der Waals surface area contributed by atoms with Crippen LogP contribution < -0.4 is 0 Å². The van der Waals surface area contributed by atoms with E-state index in [1.165, 1.54) is 13.2 Å². The number of ether oxygens (including phenoxy) is 1. The summed E-state index contributed by atoms with van der Waals surface area (Å²) in [5.41, 5.74) is 0.667. The summed E-state index contributed by atoms with van der Waals surface area (Å²) < 4.78 is 4.47. The molecule has 0 saturated heterocycles. The Bertz CT molecular complexity index is 385. The van der Waals surface area contributed by atoms with Gasteiger partial charge in [0.15, 0.2) is 0 Å². The number of halogens is 1. The molecule has 80 valence electrons. The Morgan fingerprint density at radius 2 is 2.33 bits per heavy atom. The van der Waals surface area contributed by atoms with Gasteiger partial charge in [-0.15, -0.1) is 0 Å². The fourth-order valence-corrected chi connectivity index (χ4v) is 1.22. The van der Waals surface area contributed by atoms with E-state index in [9.17, 15) is 9.90 Å². The molecule has 0 fully saturated rings. The fraction of sp³-hybridized carbons (Fsp3) is 0.182. The summed E-state index contributed by atoms with van der Waals surface area (Å²) in [4.78, 5) is 10.8. The average molecular weight is 227 g/mol. The van der Waals surface area contributed by atoms with Crippen molar-refractivity contribution in [3.8, 4) is 5.75 Å². The first kappa shape index (κ1) is 11.6. The molecule has 0 spiro atoms. The molecule has 0 unspecified atom stereocenters. The van der Waals surface area contributed by atoms with Gasteiger partial charge in [0.2, 0.25) is 0 Å². The molecule has 1 N–H and O–H groups in total. The third-order valence-corrected chi connectivity index (χ3v) is 2.23. The molecule has 4 heteroatoms. The summed E-state index contributed by atoms with van der Waals surface area (Å²) in [7, 11) is 1.33. The minimum Gasteiger partial charge on any atom is -0.506 e. The monoisotopic (exact) mass is 226 g/mol. The Balaban J connectivity index is 2.72. The smallest absolute Gasteiger partial charge is 0.309 e. The number of hydrogen-bond acceptors (Lipinski definition) is 3. The third-order valence-electron chi connectivity index (χ3n) is 1.82. The maximum atomic E-state index is 10.8. The average Bonchev–Trinajstić information content (AvgIpc) is 2.24. The normalized spacial score (nSPS) is 10.5. The number of aromatic hydroxyl groups is 1. The molecule has 0 heterocycles. The van der Waals surface area contributed by atoms with E-state index in [2.05, 4.69) is 4.74 Å². The molecule has 3 nitrogen and oxygen atoms in total. The SMILES string of the molecule is COC(=O)CC=Cc1cccc(O)c1Cl. The Hall–Kier alpha value is -1.48. The highest BCUT2D eigenvalue weighted by Crippen LogP contribution is 2.27. The zero-order valence-corrected chi connectivity index (χ0v) is 8.99. The minimum atomic E-state index is -0.317. The topological polar surface area (TPSA) is 46.5 Å². The first-order valence-electron chi connectivity index (χ1n) is 4.36. The molecule has 1 rings (SSSR count). The Morgan fingerprint density at radius 1 is 1.60 bits per heavy atom. The molecule has 0 aliphatic rings. The number of phenolic OH excluding ortho intramolecular Hbond substituents is 1. The lowest BCUT2D eigenvalue weighted by atomic mass is 10.2. The minimum absolute atomic E-state index is 0.0249. The number of rotatable bonds is 3. The lowest BCUT2D eigenvalue weighted by molar-refractivity contribution is -0.139. The van der Waals surface area contributed by atoms with E-state index in [1.54, 1.807) is 24.3 Å². The van der Waals surface area contributed by atoms with Crippen molar-refractivity contribution in [2.45, 2.75) is 6.42 Å². The van der Waals surface area contributed by atoms with E-state index < -0.39 is 0 Å². The van der Waals surface area contributed by atoms with Crippen LogP contribution in [0.1, 0.15) is 12.0 Å². The van der Waals surface area contributed by atoms with Gasteiger partial charge in [-0.05, 0) is 11.6 Å². The van der Waals surface area contributed by atoms with Crippen LogP contribution in [0.4, 0.5) is 0 Å². The molecule has 15 heavy (non-hydrogen) atoms. The summed E-state index contributed by atoms with van der Waals surface area (Å²) >= 11 is 5.82. The molecule has 1 aromatic carbocycles. The Morgan fingerprint density at radius 3 is 3.00 bits per heavy atom. The highest BCUT2D eigenvalue weighted by atomic mass is 35.5. The van der Waals surface area contributed by atoms with Gasteiger partial charge in [0.25, 0.3) is 0 Å². The Labute approximate surface area is 92.9 Å². The van der Waals surface area contributed by atoms with Crippen LogP contribution in [0.5, 0.6) is 5.75 Å². The van der Waals surface area contributed by atoms with E-state index in [1.807, 2.05) is 0 Å². The molecular formula is C11H11ClO3. The molecule has 0 aliphatic heterocycles. The van der Waals surface area contributed by atoms with Crippen molar-refractivity contribution in [3.05, 3.63) is 34.9 Å². The summed E-state index contributed by atoms with van der Waals surface area (Å²) in [6, 6.07) is 4.93. The number of hydrogen-bond donors (Lipinski definition) is 1. The van der Waals surface area contributed by atoms with Gasteiger partial charge >= 0.3 is 5.97 Å². The fourth-order valence-electron chi connectivity index (χ4n) is 1.03. The molecule has 1 aromatic rings. The van der Waals surface area contributed by atoms with Gasteiger partial charge in [-0.1, -0.05) is 35.9 Å². The lowest BCUT2D eigenvalue weighted by Crippen LogP contribution is -1.96. The highest BCUT2D eigenvalue weighted by Gasteiger charge is 2.01. The van der Waals surface area contributed by atoms with Crippen LogP contribution in [0.15, 0.2) is 24.3 Å². The molecular weight excluding hydrogens is 216 g/mol. The molecule has 0 saturated carbocycles. The zero-order valence-electron chi connectivity index (χ0n) is 8.24. The van der Waals surface area contributed by atoms with Crippen molar-refractivity contribution in [3.63, 3.8) is 0 Å². The predicted molar refractivity (Wildman–Crippen MR) is 58.8 cm³/mol. The van der Waals surface area contributed by atoms with Crippen molar-refractivity contribution in [1.29, 1.82) is 0 Å². The first-order valence-corrected chi connectivity index (χ1v) is 4.73. The van der Waals surface area contributed by atoms with Crippen LogP contribution in [-0.2, 0) is 9.53 Å². The maximum Gasteiger partial charge on any atom is 0.309 e. The van der Waals surface area contributed by atoms with E-state index in [-0.39, 0.29) is 23.2 Å². The summed E-state index contributed by atoms with van der Waals surface area (Å²) in [6.45, 7) is 0. The van der Waals surface area contributed by atoms with Crippen LogP contribution in [-0.4, -0.2) is 18.2 Å². The third kappa shape index (κ3) is 3.29. The van der Waals surface area contributed by atoms with Crippen LogP contribution in [0.3, 0.4) is 0 Å². The molecule has 0 bridgehead atoms. The quantitative estimate of drug-likeness (QED) is 0.806. The van der Waals surface area contributed by atoms with E-state index >= 15 is 0 Å². The molecule has 0 aliphatic carbocycles. The van der Waals surface area contributed by atoms with E-state index in [0.29, 0.717) is 5.56 Å². The van der Waals surface area contributed by atoms with Gasteiger partial charge in [0.05, 0.1) is 18.6 Å². The second kappa shape index (κ2) is 5.41. The van der Waals surface area contributed by atoms with Crippen molar-refractivity contribution in [2.75, 3.05) is 7.11 Å². The summed E-state index contributed by atoms with van der Waals surface area (Å²) in [5, 5.41) is 9.57. The van der Waals surface area contributed by atoms with Crippen LogP contribution >= 0.6 is 11.6 Å². The van der Waals surface area contributed by atoms with E-state index in [0.717, 1.165) is 0 Å². The summed E-state index contributed by atoms with van der Waals surface area (Å²) in [6.07, 6.45) is 3.48. The maximum absolute atomic E-state index is 10.8. The number of carbonyl (C=O) groups excluding carboxylic acids is 1. The van der Waals surface area contributed by atoms with Crippen LogP contribution in [0.25, 0.3) is 6.08 Å². The van der Waals surface area contributed by atoms with Gasteiger partial charge in [-0.2, -0.15) is 0 Å². The number of esters is 1. The summed E-state index contributed by atoms with van der Waals surface area (Å²) in [5.74, 6) is -0.292. The number of carbonyl (C=O) groups is 1. The molecule has 0 aromatic heterocycles. The van der Waals surface area contributed by atoms with Crippen molar-refractivity contribution in [1.82, 2.24) is 0 Å². The number of phenols is 1. The van der Waals surface area contributed by atoms with Crippen LogP contribution in [0, 0.1) is 0 Å². The van der Waals surface area contributed by atoms with Crippen molar-refractivity contribution in [2.24, 2.45) is 0 Å². The second-order valence-corrected chi connectivity index (χ2v) is 3.24. The van der Waals surface area contributed by atoms with Gasteiger partial charge in [0, 0.05) is 0 Å². The Kier molecular flexibility index (Phi) is 4.18. The molecule has 0 amide bonds. The molecule has 0 radical (unpaired) electrons. The van der Waals surface area contributed by atoms with Crippen LogP contribution in [0.2, 0.25) is 5.02 Å². The largest absolute Gasteiger partial charge is 0.506 e. The number of benzene rings is 1. The molecule has 0 atom stereocenters. The second-order valence-electron chi connectivity index (χ2n) is 2.86. The van der Waals surface area contributed by atoms with Gasteiger partial charge in [-0.25, -0.2) is 0 Å². The van der Waals surface area contributed by atoms with Crippen molar-refractivity contribution >= 4 is 23.6 Å². The highest BCUT2D eigenvalue weighted by molar-refractivity contribution is 6.33. The first-order chi connectivity index (χ1) is 7.15. The van der Waals surface area contributed by atoms with Gasteiger partial charge in [0.1, 0.15) is 5.75 Å².